The van der Waals surface area contributed by atoms with Crippen LogP contribution in [0.25, 0.3) is 0 Å². The van der Waals surface area contributed by atoms with E-state index in [2.05, 4.69) is 16.0 Å². The maximum atomic E-state index is 11.6. The molecule has 1 unspecified atom stereocenters. The van der Waals surface area contributed by atoms with Crippen molar-refractivity contribution >= 4 is 11.8 Å². The van der Waals surface area contributed by atoms with E-state index in [1.165, 1.54) is 0 Å². The number of carbonyl (C=O) groups excluding carboxylic acids is 2. The molecule has 0 aromatic carbocycles. The van der Waals surface area contributed by atoms with E-state index >= 15 is 0 Å². The molecule has 0 spiro atoms. The molecular formula is C12H22N4O2. The van der Waals surface area contributed by atoms with Crippen LogP contribution < -0.4 is 16.0 Å². The number of hydrogen-bond acceptors (Lipinski definition) is 4. The van der Waals surface area contributed by atoms with Crippen molar-refractivity contribution in [3.63, 3.8) is 0 Å². The van der Waals surface area contributed by atoms with Crippen LogP contribution in [0.3, 0.4) is 0 Å². The van der Waals surface area contributed by atoms with Crippen molar-refractivity contribution in [3.8, 4) is 6.07 Å². The normalized spacial score (nSPS) is 11.7. The zero-order chi connectivity index (χ0) is 14.0. The van der Waals surface area contributed by atoms with E-state index in [1.807, 2.05) is 19.9 Å². The number of amides is 2. The molecule has 0 aromatic heterocycles. The lowest BCUT2D eigenvalue weighted by Gasteiger charge is -2.14. The summed E-state index contributed by atoms with van der Waals surface area (Å²) < 4.78 is 0. The Morgan fingerprint density at radius 1 is 1.22 bits per heavy atom. The fourth-order valence-electron chi connectivity index (χ4n) is 1.12. The molecule has 0 fully saturated rings. The van der Waals surface area contributed by atoms with Gasteiger partial charge in [0.05, 0.1) is 25.1 Å². The van der Waals surface area contributed by atoms with Crippen LogP contribution in [0.5, 0.6) is 0 Å². The van der Waals surface area contributed by atoms with Crippen LogP contribution in [0.1, 0.15) is 27.2 Å². The highest BCUT2D eigenvalue weighted by molar-refractivity contribution is 5.83. The van der Waals surface area contributed by atoms with Crippen molar-refractivity contribution in [2.75, 3.05) is 19.6 Å². The molecule has 0 aliphatic carbocycles. The van der Waals surface area contributed by atoms with E-state index in [1.54, 1.807) is 6.92 Å². The van der Waals surface area contributed by atoms with Crippen molar-refractivity contribution < 1.29 is 9.59 Å². The molecule has 0 bridgehead atoms. The van der Waals surface area contributed by atoms with Crippen molar-refractivity contribution in [2.24, 2.45) is 5.92 Å². The number of carbonyl (C=O) groups is 2. The zero-order valence-electron chi connectivity index (χ0n) is 11.2. The topological polar surface area (TPSA) is 94.0 Å². The fourth-order valence-corrected chi connectivity index (χ4v) is 1.12. The van der Waals surface area contributed by atoms with Gasteiger partial charge in [0.15, 0.2) is 0 Å². The number of nitrogens with zero attached hydrogens (tertiary/aromatic N) is 1. The molecule has 0 rings (SSSR count). The summed E-state index contributed by atoms with van der Waals surface area (Å²) in [7, 11) is 0. The first-order valence-corrected chi connectivity index (χ1v) is 6.12. The van der Waals surface area contributed by atoms with Crippen molar-refractivity contribution in [2.45, 2.75) is 33.2 Å². The highest BCUT2D eigenvalue weighted by Crippen LogP contribution is 1.89. The molecule has 6 heteroatoms. The van der Waals surface area contributed by atoms with E-state index < -0.39 is 6.04 Å². The standard InChI is InChI=1S/C12H22N4O2/c1-9(2)7-16-12(18)10(3)15-8-11(17)14-6-4-5-13/h9-10,15H,4,6-8H2,1-3H3,(H,14,17)(H,16,18). The van der Waals surface area contributed by atoms with Crippen molar-refractivity contribution in [3.05, 3.63) is 0 Å². The van der Waals surface area contributed by atoms with Gasteiger partial charge in [-0.15, -0.1) is 0 Å². The summed E-state index contributed by atoms with van der Waals surface area (Å²) in [5.74, 6) is 0.0673. The van der Waals surface area contributed by atoms with E-state index in [4.69, 9.17) is 5.26 Å². The molecule has 0 saturated carbocycles. The van der Waals surface area contributed by atoms with Gasteiger partial charge in [0.1, 0.15) is 0 Å². The van der Waals surface area contributed by atoms with Gasteiger partial charge in [-0.1, -0.05) is 13.8 Å². The van der Waals surface area contributed by atoms with Crippen LogP contribution in [0, 0.1) is 17.2 Å². The summed E-state index contributed by atoms with van der Waals surface area (Å²) in [6.45, 7) is 6.77. The minimum absolute atomic E-state index is 0.0711. The number of hydrogen-bond donors (Lipinski definition) is 3. The third-order valence-electron chi connectivity index (χ3n) is 2.21. The van der Waals surface area contributed by atoms with Gasteiger partial charge >= 0.3 is 0 Å². The molecule has 6 nitrogen and oxygen atoms in total. The smallest absolute Gasteiger partial charge is 0.236 e. The van der Waals surface area contributed by atoms with Crippen molar-refractivity contribution in [1.29, 1.82) is 5.26 Å². The second-order valence-electron chi connectivity index (χ2n) is 4.50. The average molecular weight is 254 g/mol. The molecule has 0 aliphatic heterocycles. The molecule has 0 radical (unpaired) electrons. The minimum atomic E-state index is -0.412. The van der Waals surface area contributed by atoms with Gasteiger partial charge in [-0.25, -0.2) is 0 Å². The van der Waals surface area contributed by atoms with E-state index in [0.717, 1.165) is 0 Å². The Kier molecular flexibility index (Phi) is 8.58. The van der Waals surface area contributed by atoms with Crippen LogP contribution >= 0.6 is 0 Å². The van der Waals surface area contributed by atoms with Crippen LogP contribution in [-0.4, -0.2) is 37.5 Å². The molecule has 18 heavy (non-hydrogen) atoms. The third kappa shape index (κ3) is 8.53. The van der Waals surface area contributed by atoms with E-state index in [9.17, 15) is 9.59 Å². The highest BCUT2D eigenvalue weighted by Gasteiger charge is 2.13. The van der Waals surface area contributed by atoms with Gasteiger partial charge in [-0.05, 0) is 12.8 Å². The molecule has 0 saturated heterocycles. The lowest BCUT2D eigenvalue weighted by molar-refractivity contribution is -0.123. The highest BCUT2D eigenvalue weighted by atomic mass is 16.2. The van der Waals surface area contributed by atoms with Crippen LogP contribution in [0.15, 0.2) is 0 Å². The lowest BCUT2D eigenvalue weighted by Crippen LogP contribution is -2.46. The molecule has 1 atom stereocenters. The van der Waals surface area contributed by atoms with E-state index in [0.29, 0.717) is 19.0 Å². The molecular weight excluding hydrogens is 232 g/mol. The molecule has 0 heterocycles. The maximum absolute atomic E-state index is 11.6. The van der Waals surface area contributed by atoms with Crippen LogP contribution in [0.2, 0.25) is 0 Å². The molecule has 2 amide bonds. The Labute approximate surface area is 108 Å². The van der Waals surface area contributed by atoms with Crippen molar-refractivity contribution in [1.82, 2.24) is 16.0 Å². The lowest BCUT2D eigenvalue weighted by atomic mass is 10.2. The summed E-state index contributed by atoms with van der Waals surface area (Å²) in [5.41, 5.74) is 0. The van der Waals surface area contributed by atoms with Gasteiger partial charge in [-0.2, -0.15) is 5.26 Å². The average Bonchev–Trinajstić information content (AvgIpc) is 2.33. The first-order valence-electron chi connectivity index (χ1n) is 6.12. The Hall–Kier alpha value is -1.61. The molecule has 102 valence electrons. The Bertz CT molecular complexity index is 310. The second-order valence-corrected chi connectivity index (χ2v) is 4.50. The Balaban J connectivity index is 3.74. The predicted molar refractivity (Wildman–Crippen MR) is 68.6 cm³/mol. The van der Waals surface area contributed by atoms with Gasteiger partial charge in [-0.3, -0.25) is 14.9 Å². The van der Waals surface area contributed by atoms with Crippen LogP contribution in [0.4, 0.5) is 0 Å². The number of rotatable bonds is 8. The second kappa shape index (κ2) is 9.42. The van der Waals surface area contributed by atoms with Crippen LogP contribution in [-0.2, 0) is 9.59 Å². The first-order chi connectivity index (χ1) is 8.47. The first kappa shape index (κ1) is 16.4. The summed E-state index contributed by atoms with van der Waals surface area (Å²) in [6.07, 6.45) is 0.288. The molecule has 3 N–H and O–H groups in total. The maximum Gasteiger partial charge on any atom is 0.236 e. The predicted octanol–water partition coefficient (Wildman–Crippen LogP) is -0.233. The Morgan fingerprint density at radius 3 is 2.44 bits per heavy atom. The SMILES string of the molecule is CC(C)CNC(=O)C(C)NCC(=O)NCCC#N. The molecule has 0 aromatic rings. The summed E-state index contributed by atoms with van der Waals surface area (Å²) in [6, 6.07) is 1.52. The Morgan fingerprint density at radius 2 is 1.89 bits per heavy atom. The monoisotopic (exact) mass is 254 g/mol. The quantitative estimate of drug-likeness (QED) is 0.521. The van der Waals surface area contributed by atoms with Gasteiger partial charge in [0.2, 0.25) is 11.8 Å². The number of nitriles is 1. The largest absolute Gasteiger partial charge is 0.354 e. The molecule has 0 aliphatic rings. The van der Waals surface area contributed by atoms with Gasteiger partial charge < -0.3 is 10.6 Å². The summed E-state index contributed by atoms with van der Waals surface area (Å²) in [4.78, 5) is 22.9. The third-order valence-corrected chi connectivity index (χ3v) is 2.21. The number of nitrogens with one attached hydrogen (secondary N) is 3. The summed E-state index contributed by atoms with van der Waals surface area (Å²) >= 11 is 0. The summed E-state index contributed by atoms with van der Waals surface area (Å²) in [5, 5.41) is 16.5. The minimum Gasteiger partial charge on any atom is -0.354 e. The van der Waals surface area contributed by atoms with Gasteiger partial charge in [0, 0.05) is 13.1 Å². The zero-order valence-corrected chi connectivity index (χ0v) is 11.2. The van der Waals surface area contributed by atoms with E-state index in [-0.39, 0.29) is 24.8 Å². The fraction of sp³-hybridized carbons (Fsp3) is 0.750. The van der Waals surface area contributed by atoms with Gasteiger partial charge in [0.25, 0.3) is 0 Å².